The van der Waals surface area contributed by atoms with Crippen LogP contribution in [0.4, 0.5) is 0 Å². The zero-order valence-electron chi connectivity index (χ0n) is 16.8. The molecule has 1 aliphatic carbocycles. The molecule has 1 saturated heterocycles. The van der Waals surface area contributed by atoms with Crippen molar-refractivity contribution in [3.63, 3.8) is 0 Å². The van der Waals surface area contributed by atoms with Crippen molar-refractivity contribution < 1.29 is 4.79 Å². The number of hydrogen-bond acceptors (Lipinski definition) is 3. The van der Waals surface area contributed by atoms with Crippen LogP contribution in [0.3, 0.4) is 0 Å². The predicted molar refractivity (Wildman–Crippen MR) is 113 cm³/mol. The lowest BCUT2D eigenvalue weighted by Gasteiger charge is -2.27. The maximum Gasteiger partial charge on any atom is 0.271 e. The molecule has 29 heavy (non-hydrogen) atoms. The molecule has 0 atom stereocenters. The fourth-order valence-corrected chi connectivity index (χ4v) is 4.76. The molecule has 1 aromatic carbocycles. The Morgan fingerprint density at radius 1 is 1.03 bits per heavy atom. The smallest absolute Gasteiger partial charge is 0.271 e. The van der Waals surface area contributed by atoms with Crippen molar-refractivity contribution in [1.29, 1.82) is 0 Å². The number of nitrogens with one attached hydrogen (secondary N) is 1. The predicted octanol–water partition coefficient (Wildman–Crippen LogP) is 2.73. The Bertz CT molecular complexity index is 995. The number of hydrogen-bond donors (Lipinski definition) is 1. The number of aromatic amines is 1. The Labute approximate surface area is 171 Å². The molecular weight excluding hydrogens is 362 g/mol. The van der Waals surface area contributed by atoms with Crippen molar-refractivity contribution in [3.8, 4) is 11.4 Å². The molecule has 1 fully saturated rings. The van der Waals surface area contributed by atoms with Crippen molar-refractivity contribution in [1.82, 2.24) is 24.6 Å². The van der Waals surface area contributed by atoms with Gasteiger partial charge < -0.3 is 9.47 Å². The van der Waals surface area contributed by atoms with Gasteiger partial charge in [-0.1, -0.05) is 24.3 Å². The van der Waals surface area contributed by atoms with E-state index in [4.69, 9.17) is 0 Å². The second-order valence-corrected chi connectivity index (χ2v) is 8.18. The highest BCUT2D eigenvalue weighted by atomic mass is 16.2. The summed E-state index contributed by atoms with van der Waals surface area (Å²) in [5, 5.41) is 7.30. The molecule has 3 aromatic rings. The molecule has 0 bridgehead atoms. The molecule has 0 unspecified atom stereocenters. The highest BCUT2D eigenvalue weighted by Gasteiger charge is 2.29. The monoisotopic (exact) mass is 389 g/mol. The first-order valence-corrected chi connectivity index (χ1v) is 10.5. The van der Waals surface area contributed by atoms with E-state index in [-0.39, 0.29) is 5.91 Å². The van der Waals surface area contributed by atoms with E-state index in [1.165, 1.54) is 11.1 Å². The Morgan fingerprint density at radius 2 is 1.83 bits per heavy atom. The van der Waals surface area contributed by atoms with Crippen molar-refractivity contribution in [2.24, 2.45) is 7.05 Å². The summed E-state index contributed by atoms with van der Waals surface area (Å²) in [6.07, 6.45) is 5.25. The van der Waals surface area contributed by atoms with Gasteiger partial charge in [-0.3, -0.25) is 14.8 Å². The molecule has 0 saturated carbocycles. The number of rotatable bonds is 3. The molecule has 2 aliphatic rings. The maximum absolute atomic E-state index is 13.1. The third kappa shape index (κ3) is 3.49. The molecule has 0 radical (unpaired) electrons. The van der Waals surface area contributed by atoms with Crippen LogP contribution in [-0.2, 0) is 19.9 Å². The summed E-state index contributed by atoms with van der Waals surface area (Å²) in [7, 11) is 1.98. The zero-order valence-corrected chi connectivity index (χ0v) is 16.8. The molecule has 3 heterocycles. The molecule has 150 valence electrons. The molecule has 6 nitrogen and oxygen atoms in total. The van der Waals surface area contributed by atoms with Gasteiger partial charge in [0.15, 0.2) is 0 Å². The maximum atomic E-state index is 13.1. The fourth-order valence-electron chi connectivity index (χ4n) is 4.76. The van der Waals surface area contributed by atoms with Gasteiger partial charge in [0.2, 0.25) is 0 Å². The SMILES string of the molecule is Cn1cccc1-c1cc(C(=O)N2CCCN(C3Cc4ccccc4C3)CC2)[nH]n1. The van der Waals surface area contributed by atoms with Gasteiger partial charge in [-0.25, -0.2) is 0 Å². The number of aryl methyl sites for hydroxylation is 1. The lowest BCUT2D eigenvalue weighted by Crippen LogP contribution is -2.40. The van der Waals surface area contributed by atoms with Crippen molar-refractivity contribution in [3.05, 3.63) is 65.5 Å². The molecular formula is C23H27N5O. The van der Waals surface area contributed by atoms with E-state index in [0.717, 1.165) is 56.8 Å². The molecule has 1 amide bonds. The van der Waals surface area contributed by atoms with Gasteiger partial charge in [0.05, 0.1) is 5.69 Å². The second-order valence-electron chi connectivity index (χ2n) is 8.18. The van der Waals surface area contributed by atoms with Gasteiger partial charge in [0.1, 0.15) is 11.4 Å². The largest absolute Gasteiger partial charge is 0.349 e. The molecule has 0 spiro atoms. The van der Waals surface area contributed by atoms with E-state index in [9.17, 15) is 4.79 Å². The standard InChI is InChI=1S/C23H27N5O/c1-26-9-4-8-22(26)20-16-21(25-24-20)23(29)28-11-5-10-27(12-13-28)19-14-17-6-2-3-7-18(17)15-19/h2-4,6-9,16,19H,5,10-15H2,1H3,(H,24,25). The first-order chi connectivity index (χ1) is 14.2. The van der Waals surface area contributed by atoms with E-state index in [1.807, 2.05) is 40.9 Å². The van der Waals surface area contributed by atoms with Crippen LogP contribution in [-0.4, -0.2) is 62.7 Å². The van der Waals surface area contributed by atoms with Crippen LogP contribution in [0.1, 0.15) is 28.0 Å². The number of aromatic nitrogens is 3. The van der Waals surface area contributed by atoms with Crippen LogP contribution < -0.4 is 0 Å². The third-order valence-electron chi connectivity index (χ3n) is 6.38. The minimum atomic E-state index is 0.0505. The number of benzene rings is 1. The Hall–Kier alpha value is -2.86. The molecule has 1 N–H and O–H groups in total. The van der Waals surface area contributed by atoms with Gasteiger partial charge in [-0.15, -0.1) is 0 Å². The lowest BCUT2D eigenvalue weighted by atomic mass is 10.1. The molecule has 6 heteroatoms. The van der Waals surface area contributed by atoms with Crippen LogP contribution in [0.5, 0.6) is 0 Å². The van der Waals surface area contributed by atoms with E-state index >= 15 is 0 Å². The van der Waals surface area contributed by atoms with Gasteiger partial charge in [-0.2, -0.15) is 5.10 Å². The first kappa shape index (κ1) is 18.2. The van der Waals surface area contributed by atoms with Gasteiger partial charge in [0.25, 0.3) is 5.91 Å². The van der Waals surface area contributed by atoms with Crippen molar-refractivity contribution in [2.75, 3.05) is 26.2 Å². The highest BCUT2D eigenvalue weighted by Crippen LogP contribution is 2.26. The minimum absolute atomic E-state index is 0.0505. The topological polar surface area (TPSA) is 57.2 Å². The van der Waals surface area contributed by atoms with Crippen LogP contribution in [0.2, 0.25) is 0 Å². The van der Waals surface area contributed by atoms with Crippen LogP contribution >= 0.6 is 0 Å². The Morgan fingerprint density at radius 3 is 2.55 bits per heavy atom. The normalized spacial score (nSPS) is 18.0. The quantitative estimate of drug-likeness (QED) is 0.749. The first-order valence-electron chi connectivity index (χ1n) is 10.5. The fraction of sp³-hybridized carbons (Fsp3) is 0.391. The van der Waals surface area contributed by atoms with E-state index < -0.39 is 0 Å². The summed E-state index contributed by atoms with van der Waals surface area (Å²) < 4.78 is 2.01. The number of H-pyrrole nitrogens is 1. The number of nitrogens with zero attached hydrogens (tertiary/aromatic N) is 4. The average Bonchev–Trinajstić information content (AvgIpc) is 3.43. The highest BCUT2D eigenvalue weighted by molar-refractivity contribution is 5.93. The third-order valence-corrected chi connectivity index (χ3v) is 6.38. The number of fused-ring (bicyclic) bond motifs is 1. The lowest BCUT2D eigenvalue weighted by molar-refractivity contribution is 0.0752. The summed E-state index contributed by atoms with van der Waals surface area (Å²) in [5.41, 5.74) is 5.35. The summed E-state index contributed by atoms with van der Waals surface area (Å²) in [5.74, 6) is 0.0505. The number of carbonyl (C=O) groups excluding carboxylic acids is 1. The van der Waals surface area contributed by atoms with E-state index in [2.05, 4.69) is 39.4 Å². The second kappa shape index (κ2) is 7.52. The van der Waals surface area contributed by atoms with Crippen LogP contribution in [0.25, 0.3) is 11.4 Å². The minimum Gasteiger partial charge on any atom is -0.349 e. The zero-order chi connectivity index (χ0) is 19.8. The summed E-state index contributed by atoms with van der Waals surface area (Å²) in [6, 6.07) is 15.2. The van der Waals surface area contributed by atoms with Crippen LogP contribution in [0.15, 0.2) is 48.7 Å². The summed E-state index contributed by atoms with van der Waals surface area (Å²) in [6.45, 7) is 3.56. The molecule has 5 rings (SSSR count). The Kier molecular flexibility index (Phi) is 4.72. The van der Waals surface area contributed by atoms with Crippen molar-refractivity contribution >= 4 is 5.91 Å². The van der Waals surface area contributed by atoms with Crippen LogP contribution in [0, 0.1) is 0 Å². The number of amides is 1. The van der Waals surface area contributed by atoms with Gasteiger partial charge in [0, 0.05) is 45.5 Å². The number of carbonyl (C=O) groups is 1. The van der Waals surface area contributed by atoms with Gasteiger partial charge >= 0.3 is 0 Å². The van der Waals surface area contributed by atoms with E-state index in [0.29, 0.717) is 11.7 Å². The summed E-state index contributed by atoms with van der Waals surface area (Å²) >= 11 is 0. The Balaban J connectivity index is 1.24. The molecule has 2 aromatic heterocycles. The summed E-state index contributed by atoms with van der Waals surface area (Å²) in [4.78, 5) is 17.6. The van der Waals surface area contributed by atoms with E-state index in [1.54, 1.807) is 0 Å². The average molecular weight is 390 g/mol. The van der Waals surface area contributed by atoms with Gasteiger partial charge in [-0.05, 0) is 48.6 Å². The molecule has 1 aliphatic heterocycles. The van der Waals surface area contributed by atoms with Crippen molar-refractivity contribution in [2.45, 2.75) is 25.3 Å².